The third-order valence-corrected chi connectivity index (χ3v) is 4.04. The first-order chi connectivity index (χ1) is 9.15. The van der Waals surface area contributed by atoms with E-state index < -0.39 is 0 Å². The van der Waals surface area contributed by atoms with Crippen LogP contribution in [0.25, 0.3) is 0 Å². The molecule has 0 amide bonds. The van der Waals surface area contributed by atoms with Crippen molar-refractivity contribution >= 4 is 0 Å². The number of hydrogen-bond acceptors (Lipinski definition) is 3. The molecule has 98 valence electrons. The fraction of sp³-hybridized carbons (Fsp3) is 0.375. The van der Waals surface area contributed by atoms with Crippen LogP contribution in [0.3, 0.4) is 0 Å². The van der Waals surface area contributed by atoms with E-state index in [1.807, 2.05) is 13.8 Å². The van der Waals surface area contributed by atoms with Crippen molar-refractivity contribution in [3.8, 4) is 0 Å². The van der Waals surface area contributed by atoms with Crippen LogP contribution in [-0.4, -0.2) is 10.2 Å². The Hall–Kier alpha value is -1.74. The van der Waals surface area contributed by atoms with Crippen LogP contribution in [0.2, 0.25) is 0 Å². The molecule has 0 saturated carbocycles. The molecule has 0 spiro atoms. The summed E-state index contributed by atoms with van der Waals surface area (Å²) in [4.78, 5) is 0. The summed E-state index contributed by atoms with van der Waals surface area (Å²) in [5.41, 5.74) is 12.3. The minimum Gasteiger partial charge on any atom is -0.324 e. The lowest BCUT2D eigenvalue weighted by Crippen LogP contribution is -2.23. The number of fused-ring (bicyclic) bond motifs is 1. The van der Waals surface area contributed by atoms with Gasteiger partial charge in [-0.05, 0) is 55.4 Å². The Morgan fingerprint density at radius 3 is 2.84 bits per heavy atom. The first-order valence-corrected chi connectivity index (χ1v) is 6.79. The molecule has 0 aliphatic heterocycles. The standard InChI is InChI=1S/C16H19N3/c1-10-7-15(11(2)19-18-10)16(17)9-13-8-12-5-3-4-6-14(12)13/h3-7,13,16H,8-9,17H2,1-2H3. The predicted octanol–water partition coefficient (Wildman–Crippen LogP) is 2.82. The maximum Gasteiger partial charge on any atom is 0.0648 e. The average molecular weight is 253 g/mol. The Morgan fingerprint density at radius 2 is 2.05 bits per heavy atom. The maximum atomic E-state index is 6.36. The molecule has 19 heavy (non-hydrogen) atoms. The van der Waals surface area contributed by atoms with E-state index in [0.29, 0.717) is 5.92 Å². The average Bonchev–Trinajstić information content (AvgIpc) is 2.38. The van der Waals surface area contributed by atoms with E-state index in [4.69, 9.17) is 5.73 Å². The van der Waals surface area contributed by atoms with E-state index >= 15 is 0 Å². The number of rotatable bonds is 3. The van der Waals surface area contributed by atoms with Gasteiger partial charge in [0.2, 0.25) is 0 Å². The van der Waals surface area contributed by atoms with Crippen molar-refractivity contribution in [3.05, 3.63) is 58.4 Å². The molecule has 0 radical (unpaired) electrons. The van der Waals surface area contributed by atoms with Gasteiger partial charge in [-0.25, -0.2) is 0 Å². The molecule has 0 bridgehead atoms. The molecule has 1 aliphatic rings. The Labute approximate surface area is 113 Å². The fourth-order valence-electron chi connectivity index (χ4n) is 2.95. The van der Waals surface area contributed by atoms with E-state index in [2.05, 4.69) is 40.5 Å². The summed E-state index contributed by atoms with van der Waals surface area (Å²) in [6.07, 6.45) is 2.14. The quantitative estimate of drug-likeness (QED) is 0.915. The first-order valence-electron chi connectivity index (χ1n) is 6.79. The minimum absolute atomic E-state index is 0.0487. The van der Waals surface area contributed by atoms with E-state index in [0.717, 1.165) is 29.8 Å². The van der Waals surface area contributed by atoms with Crippen LogP contribution in [0.4, 0.5) is 0 Å². The second-order valence-electron chi connectivity index (χ2n) is 5.47. The zero-order valence-electron chi connectivity index (χ0n) is 11.4. The van der Waals surface area contributed by atoms with Crippen LogP contribution in [0, 0.1) is 13.8 Å². The van der Waals surface area contributed by atoms with Gasteiger partial charge in [0, 0.05) is 6.04 Å². The highest BCUT2D eigenvalue weighted by Gasteiger charge is 2.27. The molecule has 2 aromatic rings. The van der Waals surface area contributed by atoms with E-state index in [1.165, 1.54) is 11.1 Å². The smallest absolute Gasteiger partial charge is 0.0648 e. The Bertz CT molecular complexity index is 607. The van der Waals surface area contributed by atoms with Crippen molar-refractivity contribution in [2.24, 2.45) is 5.73 Å². The topological polar surface area (TPSA) is 51.8 Å². The second-order valence-corrected chi connectivity index (χ2v) is 5.47. The van der Waals surface area contributed by atoms with E-state index in [9.17, 15) is 0 Å². The number of hydrogen-bond donors (Lipinski definition) is 1. The van der Waals surface area contributed by atoms with Crippen LogP contribution in [-0.2, 0) is 6.42 Å². The SMILES string of the molecule is Cc1cc(C(N)CC2Cc3ccccc32)c(C)nn1. The Morgan fingerprint density at radius 1 is 1.26 bits per heavy atom. The van der Waals surface area contributed by atoms with Crippen molar-refractivity contribution in [2.75, 3.05) is 0 Å². The van der Waals surface area contributed by atoms with Crippen LogP contribution < -0.4 is 5.73 Å². The van der Waals surface area contributed by atoms with Crippen molar-refractivity contribution in [3.63, 3.8) is 0 Å². The van der Waals surface area contributed by atoms with Crippen LogP contribution in [0.15, 0.2) is 30.3 Å². The third kappa shape index (κ3) is 2.26. The van der Waals surface area contributed by atoms with Crippen molar-refractivity contribution in [1.29, 1.82) is 0 Å². The van der Waals surface area contributed by atoms with Crippen molar-refractivity contribution in [1.82, 2.24) is 10.2 Å². The number of nitrogens with zero attached hydrogens (tertiary/aromatic N) is 2. The first kappa shape index (κ1) is 12.3. The molecule has 2 unspecified atom stereocenters. The van der Waals surface area contributed by atoms with Gasteiger partial charge in [0.15, 0.2) is 0 Å². The lowest BCUT2D eigenvalue weighted by atomic mass is 9.74. The summed E-state index contributed by atoms with van der Waals surface area (Å²) in [7, 11) is 0. The molecule has 1 aromatic heterocycles. The number of nitrogens with two attached hydrogens (primary N) is 1. The van der Waals surface area contributed by atoms with Gasteiger partial charge in [-0.1, -0.05) is 24.3 Å². The molecular formula is C16H19N3. The van der Waals surface area contributed by atoms with Crippen LogP contribution >= 0.6 is 0 Å². The summed E-state index contributed by atoms with van der Waals surface area (Å²) < 4.78 is 0. The van der Waals surface area contributed by atoms with E-state index in [-0.39, 0.29) is 6.04 Å². The molecule has 3 heteroatoms. The van der Waals surface area contributed by atoms with Crippen molar-refractivity contribution < 1.29 is 0 Å². The Kier molecular flexibility index (Phi) is 3.07. The lowest BCUT2D eigenvalue weighted by Gasteiger charge is -2.32. The summed E-state index contributed by atoms with van der Waals surface area (Å²) in [5, 5.41) is 8.23. The molecule has 2 atom stereocenters. The zero-order chi connectivity index (χ0) is 13.4. The maximum absolute atomic E-state index is 6.36. The molecule has 0 fully saturated rings. The molecule has 1 aromatic carbocycles. The third-order valence-electron chi connectivity index (χ3n) is 4.04. The summed E-state index contributed by atoms with van der Waals surface area (Å²) in [5.74, 6) is 0.596. The molecule has 1 heterocycles. The number of aryl methyl sites for hydroxylation is 2. The lowest BCUT2D eigenvalue weighted by molar-refractivity contribution is 0.495. The van der Waals surface area contributed by atoms with Crippen LogP contribution in [0.5, 0.6) is 0 Å². The predicted molar refractivity (Wildman–Crippen MR) is 75.9 cm³/mol. The van der Waals surface area contributed by atoms with Gasteiger partial charge in [0.1, 0.15) is 0 Å². The molecule has 0 saturated heterocycles. The number of benzene rings is 1. The van der Waals surface area contributed by atoms with Gasteiger partial charge in [-0.2, -0.15) is 10.2 Å². The normalized spacial score (nSPS) is 18.6. The minimum atomic E-state index is 0.0487. The second kappa shape index (κ2) is 4.74. The number of aromatic nitrogens is 2. The fourth-order valence-corrected chi connectivity index (χ4v) is 2.95. The highest BCUT2D eigenvalue weighted by Crippen LogP contribution is 2.40. The van der Waals surface area contributed by atoms with Gasteiger partial charge in [-0.15, -0.1) is 0 Å². The van der Waals surface area contributed by atoms with Gasteiger partial charge >= 0.3 is 0 Å². The highest BCUT2D eigenvalue weighted by atomic mass is 15.1. The summed E-state index contributed by atoms with van der Waals surface area (Å²) >= 11 is 0. The van der Waals surface area contributed by atoms with Gasteiger partial charge in [0.05, 0.1) is 11.4 Å². The molecule has 3 rings (SSSR count). The largest absolute Gasteiger partial charge is 0.324 e. The van der Waals surface area contributed by atoms with Gasteiger partial charge in [-0.3, -0.25) is 0 Å². The molecule has 3 nitrogen and oxygen atoms in total. The summed E-state index contributed by atoms with van der Waals surface area (Å²) in [6, 6.07) is 10.8. The summed E-state index contributed by atoms with van der Waals surface area (Å²) in [6.45, 7) is 3.94. The van der Waals surface area contributed by atoms with Gasteiger partial charge < -0.3 is 5.73 Å². The molecule has 1 aliphatic carbocycles. The van der Waals surface area contributed by atoms with Crippen LogP contribution in [0.1, 0.15) is 46.5 Å². The highest BCUT2D eigenvalue weighted by molar-refractivity contribution is 5.40. The Balaban J connectivity index is 1.76. The zero-order valence-corrected chi connectivity index (χ0v) is 11.4. The monoisotopic (exact) mass is 253 g/mol. The molecular weight excluding hydrogens is 234 g/mol. The van der Waals surface area contributed by atoms with Crippen molar-refractivity contribution in [2.45, 2.75) is 38.6 Å². The molecule has 2 N–H and O–H groups in total. The van der Waals surface area contributed by atoms with E-state index in [1.54, 1.807) is 0 Å². The van der Waals surface area contributed by atoms with Gasteiger partial charge in [0.25, 0.3) is 0 Å².